The number of alkyl halides is 3. The molecule has 0 aliphatic rings. The topological polar surface area (TPSA) is 107 Å². The van der Waals surface area contributed by atoms with Gasteiger partial charge in [-0.1, -0.05) is 12.1 Å². The van der Waals surface area contributed by atoms with Gasteiger partial charge >= 0.3 is 6.18 Å². The maximum absolute atomic E-state index is 13.2. The van der Waals surface area contributed by atoms with Crippen molar-refractivity contribution in [1.29, 1.82) is 0 Å². The van der Waals surface area contributed by atoms with Gasteiger partial charge in [0.25, 0.3) is 5.91 Å². The van der Waals surface area contributed by atoms with E-state index in [0.29, 0.717) is 10.9 Å². The summed E-state index contributed by atoms with van der Waals surface area (Å²) in [5.41, 5.74) is 6.98. The zero-order valence-electron chi connectivity index (χ0n) is 19.8. The van der Waals surface area contributed by atoms with Gasteiger partial charge in [0.15, 0.2) is 11.5 Å². The predicted octanol–water partition coefficient (Wildman–Crippen LogP) is 4.37. The number of amides is 1. The molecule has 36 heavy (non-hydrogen) atoms. The largest absolute Gasteiger partial charge is 0.494 e. The zero-order valence-corrected chi connectivity index (χ0v) is 19.8. The van der Waals surface area contributed by atoms with E-state index in [-0.39, 0.29) is 41.7 Å². The van der Waals surface area contributed by atoms with Crippen LogP contribution >= 0.6 is 0 Å². The lowest BCUT2D eigenvalue weighted by Gasteiger charge is -2.12. The van der Waals surface area contributed by atoms with Gasteiger partial charge in [0.1, 0.15) is 17.0 Å². The lowest BCUT2D eigenvalue weighted by atomic mass is 10.1. The molecular formula is C25H24F3N5O3. The first-order valence-corrected chi connectivity index (χ1v) is 10.9. The van der Waals surface area contributed by atoms with Gasteiger partial charge in [0.2, 0.25) is 5.89 Å². The third kappa shape index (κ3) is 4.96. The Hall–Kier alpha value is -4.12. The molecule has 2 aromatic heterocycles. The van der Waals surface area contributed by atoms with Gasteiger partial charge in [-0.15, -0.1) is 0 Å². The van der Waals surface area contributed by atoms with Crippen molar-refractivity contribution in [3.05, 3.63) is 71.2 Å². The number of halogens is 3. The molecule has 0 spiro atoms. The Balaban J connectivity index is 1.65. The third-order valence-electron chi connectivity index (χ3n) is 5.56. The van der Waals surface area contributed by atoms with Gasteiger partial charge in [0.05, 0.1) is 13.7 Å². The number of carbonyl (C=O) groups is 1. The summed E-state index contributed by atoms with van der Waals surface area (Å²) in [5.74, 6) is -0.152. The van der Waals surface area contributed by atoms with Gasteiger partial charge in [-0.3, -0.25) is 4.79 Å². The summed E-state index contributed by atoms with van der Waals surface area (Å²) >= 11 is 0. The predicted molar refractivity (Wildman–Crippen MR) is 129 cm³/mol. The summed E-state index contributed by atoms with van der Waals surface area (Å²) in [6.07, 6.45) is -4.62. The van der Waals surface area contributed by atoms with Crippen LogP contribution in [0.25, 0.3) is 22.4 Å². The molecule has 2 heterocycles. The van der Waals surface area contributed by atoms with Crippen molar-refractivity contribution in [2.45, 2.75) is 19.3 Å². The Labute approximate surface area is 204 Å². The highest BCUT2D eigenvalue weighted by atomic mass is 19.4. The van der Waals surface area contributed by atoms with E-state index < -0.39 is 17.8 Å². The number of nitrogens with one attached hydrogen (secondary N) is 1. The van der Waals surface area contributed by atoms with Crippen molar-refractivity contribution in [3.8, 4) is 17.2 Å². The molecule has 0 unspecified atom stereocenters. The Kier molecular flexibility index (Phi) is 6.84. The van der Waals surface area contributed by atoms with Crippen molar-refractivity contribution in [2.75, 3.05) is 26.1 Å². The van der Waals surface area contributed by atoms with Crippen LogP contribution in [-0.4, -0.2) is 37.1 Å². The van der Waals surface area contributed by atoms with Crippen LogP contribution in [0.2, 0.25) is 0 Å². The first-order valence-electron chi connectivity index (χ1n) is 10.9. The number of ether oxygens (including phenoxy) is 1. The average molecular weight is 499 g/mol. The number of anilines is 1. The fourth-order valence-electron chi connectivity index (χ4n) is 3.66. The second-order valence-corrected chi connectivity index (χ2v) is 8.14. The Morgan fingerprint density at radius 2 is 1.81 bits per heavy atom. The highest BCUT2D eigenvalue weighted by molar-refractivity contribution is 5.98. The number of benzene rings is 2. The third-order valence-corrected chi connectivity index (χ3v) is 5.56. The number of hydrogen-bond donors (Lipinski definition) is 2. The number of rotatable bonds is 7. The van der Waals surface area contributed by atoms with E-state index in [9.17, 15) is 18.0 Å². The number of aromatic nitrogens is 2. The molecule has 0 aliphatic carbocycles. The smallest absolute Gasteiger partial charge is 0.433 e. The zero-order chi connectivity index (χ0) is 26.0. The standard InChI is InChI=1S/C25H24F3N5O3/c1-33(2)15-6-4-14(5-7-15)13-30-23(34)22-19(12-29)36-24(32-22)17-8-10-18(35-3)21-16(17)9-11-20(31-21)25(26,27)28/h4-11H,12-13,29H2,1-3H3,(H,30,34). The minimum Gasteiger partial charge on any atom is -0.494 e. The van der Waals surface area contributed by atoms with E-state index in [1.807, 2.05) is 43.3 Å². The van der Waals surface area contributed by atoms with Gasteiger partial charge in [-0.2, -0.15) is 13.2 Å². The fourth-order valence-corrected chi connectivity index (χ4v) is 3.66. The molecule has 0 saturated heterocycles. The van der Waals surface area contributed by atoms with Crippen molar-refractivity contribution in [2.24, 2.45) is 5.73 Å². The number of pyridine rings is 1. The number of fused-ring (bicyclic) bond motifs is 1. The first kappa shape index (κ1) is 25.0. The Bertz CT molecular complexity index is 1400. The monoisotopic (exact) mass is 499 g/mol. The maximum atomic E-state index is 13.2. The molecule has 0 fully saturated rings. The minimum absolute atomic E-state index is 0.00116. The van der Waals surface area contributed by atoms with Crippen molar-refractivity contribution < 1.29 is 27.1 Å². The molecule has 4 aromatic rings. The van der Waals surface area contributed by atoms with Crippen LogP contribution in [0.5, 0.6) is 5.75 Å². The van der Waals surface area contributed by atoms with E-state index in [0.717, 1.165) is 17.3 Å². The van der Waals surface area contributed by atoms with Crippen LogP contribution in [0.3, 0.4) is 0 Å². The molecule has 0 saturated carbocycles. The summed E-state index contributed by atoms with van der Waals surface area (Å²) in [4.78, 5) is 22.9. The number of hydrogen-bond acceptors (Lipinski definition) is 7. The average Bonchev–Trinajstić information content (AvgIpc) is 3.30. The SMILES string of the molecule is COc1ccc(-c2nc(C(=O)NCc3ccc(N(C)C)cc3)c(CN)o2)c2ccc(C(F)(F)F)nc12. The lowest BCUT2D eigenvalue weighted by molar-refractivity contribution is -0.140. The molecule has 0 aliphatic heterocycles. The van der Waals surface area contributed by atoms with E-state index in [4.69, 9.17) is 14.9 Å². The Morgan fingerprint density at radius 3 is 2.42 bits per heavy atom. The van der Waals surface area contributed by atoms with Crippen LogP contribution in [-0.2, 0) is 19.3 Å². The van der Waals surface area contributed by atoms with Crippen LogP contribution in [0.15, 0.2) is 52.9 Å². The molecule has 2 aromatic carbocycles. The summed E-state index contributed by atoms with van der Waals surface area (Å²) < 4.78 is 50.6. The van der Waals surface area contributed by atoms with Gasteiger partial charge in [-0.05, 0) is 42.0 Å². The molecule has 0 radical (unpaired) electrons. The van der Waals surface area contributed by atoms with Crippen molar-refractivity contribution in [1.82, 2.24) is 15.3 Å². The molecule has 0 atom stereocenters. The van der Waals surface area contributed by atoms with Gasteiger partial charge in [0, 0.05) is 37.3 Å². The van der Waals surface area contributed by atoms with Crippen LogP contribution in [0.1, 0.15) is 27.5 Å². The number of oxazole rings is 1. The first-order chi connectivity index (χ1) is 17.1. The quantitative estimate of drug-likeness (QED) is 0.389. The second-order valence-electron chi connectivity index (χ2n) is 8.14. The molecule has 4 rings (SSSR count). The molecule has 3 N–H and O–H groups in total. The number of nitrogens with two attached hydrogens (primary N) is 1. The van der Waals surface area contributed by atoms with Gasteiger partial charge in [-0.25, -0.2) is 9.97 Å². The number of nitrogens with zero attached hydrogens (tertiary/aromatic N) is 3. The summed E-state index contributed by atoms with van der Waals surface area (Å²) in [7, 11) is 5.21. The van der Waals surface area contributed by atoms with E-state index in [2.05, 4.69) is 15.3 Å². The molecule has 11 heteroatoms. The minimum atomic E-state index is -4.62. The van der Waals surface area contributed by atoms with Crippen LogP contribution in [0.4, 0.5) is 18.9 Å². The van der Waals surface area contributed by atoms with E-state index in [1.54, 1.807) is 6.07 Å². The number of methoxy groups -OCH3 is 1. The van der Waals surface area contributed by atoms with Crippen LogP contribution < -0.4 is 20.7 Å². The molecule has 8 nitrogen and oxygen atoms in total. The van der Waals surface area contributed by atoms with Gasteiger partial charge < -0.3 is 25.1 Å². The van der Waals surface area contributed by atoms with E-state index in [1.165, 1.54) is 19.2 Å². The highest BCUT2D eigenvalue weighted by Crippen LogP contribution is 2.36. The van der Waals surface area contributed by atoms with Crippen LogP contribution in [0, 0.1) is 0 Å². The number of carbonyl (C=O) groups excluding carboxylic acids is 1. The molecule has 188 valence electrons. The molecular weight excluding hydrogens is 475 g/mol. The summed E-state index contributed by atoms with van der Waals surface area (Å²) in [6.45, 7) is 0.159. The highest BCUT2D eigenvalue weighted by Gasteiger charge is 2.33. The van der Waals surface area contributed by atoms with Crippen molar-refractivity contribution in [3.63, 3.8) is 0 Å². The second kappa shape index (κ2) is 9.86. The maximum Gasteiger partial charge on any atom is 0.433 e. The Morgan fingerprint density at radius 1 is 1.08 bits per heavy atom. The summed E-state index contributed by atoms with van der Waals surface area (Å²) in [6, 6.07) is 12.9. The normalized spacial score (nSPS) is 11.5. The molecule has 0 bridgehead atoms. The fraction of sp³-hybridized carbons (Fsp3) is 0.240. The summed E-state index contributed by atoms with van der Waals surface area (Å²) in [5, 5.41) is 3.11. The lowest BCUT2D eigenvalue weighted by Crippen LogP contribution is -2.24. The van der Waals surface area contributed by atoms with Crippen molar-refractivity contribution >= 4 is 22.5 Å². The van der Waals surface area contributed by atoms with E-state index >= 15 is 0 Å². The molecule has 1 amide bonds.